The summed E-state index contributed by atoms with van der Waals surface area (Å²) in [6.07, 6.45) is 3.55. The van der Waals surface area contributed by atoms with Crippen molar-refractivity contribution < 1.29 is 4.79 Å². The number of rotatable bonds is 0. The molecule has 5 heteroatoms. The Kier molecular flexibility index (Phi) is 12.7. The molecule has 1 aliphatic carbocycles. The van der Waals surface area contributed by atoms with Crippen LogP contribution in [0.25, 0.3) is 0 Å². The van der Waals surface area contributed by atoms with Crippen molar-refractivity contribution in [2.75, 3.05) is 0 Å². The highest BCUT2D eigenvalue weighted by Crippen LogP contribution is 2.32. The third kappa shape index (κ3) is 6.73. The molecule has 5 nitrogen and oxygen atoms in total. The zero-order valence-electron chi connectivity index (χ0n) is 9.73. The first-order chi connectivity index (χ1) is 4.49. The van der Waals surface area contributed by atoms with E-state index in [9.17, 15) is 4.79 Å². The van der Waals surface area contributed by atoms with E-state index in [4.69, 9.17) is 0 Å². The van der Waals surface area contributed by atoms with Gasteiger partial charge in [0.25, 0.3) is 0 Å². The molecule has 0 saturated heterocycles. The number of hydrogen-bond acceptors (Lipinski definition) is 5. The largest absolute Gasteiger partial charge is 0.344 e. The van der Waals surface area contributed by atoms with Gasteiger partial charge in [0.05, 0.1) is 0 Å². The number of hydrogen-bond donors (Lipinski definition) is 4. The van der Waals surface area contributed by atoms with E-state index in [1.807, 2.05) is 6.92 Å². The highest BCUT2D eigenvalue weighted by atomic mass is 16.1. The Labute approximate surface area is 86.7 Å². The fraction of sp³-hybridized carbons (Fsp3) is 0.667. The standard InChI is InChI=1S/C9H14O.4H3N/c1-7-4-8(10)6-9(2,3)5-7;;;;/h4H,5-6H2,1-3H3;4*1H3. The van der Waals surface area contributed by atoms with Gasteiger partial charge in [0.1, 0.15) is 0 Å². The lowest BCUT2D eigenvalue weighted by Gasteiger charge is -2.27. The molecule has 0 spiro atoms. The Morgan fingerprint density at radius 1 is 1.07 bits per heavy atom. The van der Waals surface area contributed by atoms with E-state index >= 15 is 0 Å². The monoisotopic (exact) mass is 206 g/mol. The summed E-state index contributed by atoms with van der Waals surface area (Å²) in [5, 5.41) is 0. The minimum absolute atomic E-state index is 0. The normalized spacial score (nSPS) is 17.4. The van der Waals surface area contributed by atoms with Crippen LogP contribution in [0.15, 0.2) is 11.6 Å². The van der Waals surface area contributed by atoms with Gasteiger partial charge in [0, 0.05) is 6.42 Å². The molecular formula is C9H26N4O. The molecule has 0 unspecified atom stereocenters. The highest BCUT2D eigenvalue weighted by molar-refractivity contribution is 5.91. The van der Waals surface area contributed by atoms with Crippen LogP contribution < -0.4 is 24.6 Å². The first kappa shape index (κ1) is 23.2. The van der Waals surface area contributed by atoms with Gasteiger partial charge in [-0.15, -0.1) is 0 Å². The Morgan fingerprint density at radius 2 is 1.50 bits per heavy atom. The quantitative estimate of drug-likeness (QED) is 0.479. The number of allylic oxidation sites excluding steroid dienone is 2. The van der Waals surface area contributed by atoms with Crippen LogP contribution in [-0.2, 0) is 4.79 Å². The van der Waals surface area contributed by atoms with Crippen molar-refractivity contribution in [3.8, 4) is 0 Å². The molecule has 0 atom stereocenters. The van der Waals surface area contributed by atoms with Crippen LogP contribution in [0.1, 0.15) is 33.6 Å². The first-order valence-electron chi connectivity index (χ1n) is 3.70. The molecule has 0 aromatic rings. The molecule has 0 heterocycles. The van der Waals surface area contributed by atoms with Crippen LogP contribution in [0.2, 0.25) is 0 Å². The Balaban J connectivity index is -0.000000125. The maximum atomic E-state index is 11.0. The molecule has 0 saturated carbocycles. The van der Waals surface area contributed by atoms with Crippen molar-refractivity contribution in [1.29, 1.82) is 0 Å². The number of carbonyl (C=O) groups is 1. The molecule has 88 valence electrons. The molecule has 1 aliphatic rings. The number of ketones is 1. The van der Waals surface area contributed by atoms with Crippen molar-refractivity contribution in [3.05, 3.63) is 11.6 Å². The Hall–Kier alpha value is -0.750. The third-order valence-electron chi connectivity index (χ3n) is 1.82. The molecular weight excluding hydrogens is 180 g/mol. The molecule has 0 aromatic heterocycles. The smallest absolute Gasteiger partial charge is 0.156 e. The van der Waals surface area contributed by atoms with Crippen molar-refractivity contribution in [3.63, 3.8) is 0 Å². The van der Waals surface area contributed by atoms with E-state index in [1.54, 1.807) is 6.08 Å². The summed E-state index contributed by atoms with van der Waals surface area (Å²) in [5.41, 5.74) is 1.43. The van der Waals surface area contributed by atoms with Gasteiger partial charge >= 0.3 is 0 Å². The third-order valence-corrected chi connectivity index (χ3v) is 1.82. The molecule has 14 heavy (non-hydrogen) atoms. The minimum atomic E-state index is 0. The summed E-state index contributed by atoms with van der Waals surface area (Å²) in [5.74, 6) is 0.286. The molecule has 0 amide bonds. The molecule has 0 bridgehead atoms. The zero-order chi connectivity index (χ0) is 7.78. The number of carbonyl (C=O) groups excluding carboxylic acids is 1. The fourth-order valence-corrected chi connectivity index (χ4v) is 1.67. The van der Waals surface area contributed by atoms with Gasteiger partial charge in [0.2, 0.25) is 0 Å². The molecule has 0 fully saturated rings. The maximum Gasteiger partial charge on any atom is 0.156 e. The lowest BCUT2D eigenvalue weighted by molar-refractivity contribution is -0.117. The summed E-state index contributed by atoms with van der Waals surface area (Å²) in [6.45, 7) is 6.31. The van der Waals surface area contributed by atoms with Gasteiger partial charge in [-0.2, -0.15) is 0 Å². The van der Waals surface area contributed by atoms with Gasteiger partial charge in [-0.05, 0) is 24.8 Å². The second-order valence-electron chi connectivity index (χ2n) is 3.97. The zero-order valence-corrected chi connectivity index (χ0v) is 9.73. The molecule has 12 N–H and O–H groups in total. The van der Waals surface area contributed by atoms with Crippen molar-refractivity contribution >= 4 is 5.78 Å². The summed E-state index contributed by atoms with van der Waals surface area (Å²) in [4.78, 5) is 11.0. The predicted octanol–water partition coefficient (Wildman–Crippen LogP) is 2.97. The molecule has 0 aliphatic heterocycles. The lowest BCUT2D eigenvalue weighted by Crippen LogP contribution is -2.20. The predicted molar refractivity (Wildman–Crippen MR) is 61.9 cm³/mol. The van der Waals surface area contributed by atoms with Gasteiger partial charge in [-0.1, -0.05) is 19.4 Å². The van der Waals surface area contributed by atoms with Gasteiger partial charge < -0.3 is 24.6 Å². The van der Waals surface area contributed by atoms with E-state index < -0.39 is 0 Å². The van der Waals surface area contributed by atoms with E-state index in [0.29, 0.717) is 6.42 Å². The van der Waals surface area contributed by atoms with Crippen molar-refractivity contribution in [1.82, 2.24) is 24.6 Å². The van der Waals surface area contributed by atoms with E-state index in [1.165, 1.54) is 5.57 Å². The summed E-state index contributed by atoms with van der Waals surface area (Å²) < 4.78 is 0. The average molecular weight is 206 g/mol. The van der Waals surface area contributed by atoms with Crippen LogP contribution in [-0.4, -0.2) is 5.78 Å². The topological polar surface area (TPSA) is 157 Å². The van der Waals surface area contributed by atoms with E-state index in [0.717, 1.165) is 6.42 Å². The van der Waals surface area contributed by atoms with Crippen LogP contribution in [0.3, 0.4) is 0 Å². The Morgan fingerprint density at radius 3 is 1.79 bits per heavy atom. The summed E-state index contributed by atoms with van der Waals surface area (Å²) >= 11 is 0. The molecule has 1 rings (SSSR count). The van der Waals surface area contributed by atoms with Crippen LogP contribution in [0, 0.1) is 5.41 Å². The SMILES string of the molecule is CC1=CC(=O)CC(C)(C)C1.N.N.N.N. The van der Waals surface area contributed by atoms with Gasteiger partial charge in [-0.3, -0.25) is 4.79 Å². The fourth-order valence-electron chi connectivity index (χ4n) is 1.67. The average Bonchev–Trinajstić information content (AvgIpc) is 1.54. The minimum Gasteiger partial charge on any atom is -0.344 e. The second-order valence-corrected chi connectivity index (χ2v) is 3.97. The second kappa shape index (κ2) is 7.64. The maximum absolute atomic E-state index is 11.0. The summed E-state index contributed by atoms with van der Waals surface area (Å²) in [7, 11) is 0. The molecule has 0 aromatic carbocycles. The van der Waals surface area contributed by atoms with Crippen LogP contribution in [0.5, 0.6) is 0 Å². The molecule has 0 radical (unpaired) electrons. The van der Waals surface area contributed by atoms with E-state index in [2.05, 4.69) is 13.8 Å². The van der Waals surface area contributed by atoms with Crippen LogP contribution >= 0.6 is 0 Å². The van der Waals surface area contributed by atoms with E-state index in [-0.39, 0.29) is 35.8 Å². The van der Waals surface area contributed by atoms with Crippen molar-refractivity contribution in [2.45, 2.75) is 33.6 Å². The van der Waals surface area contributed by atoms with Gasteiger partial charge in [-0.25, -0.2) is 0 Å². The first-order valence-corrected chi connectivity index (χ1v) is 3.70. The van der Waals surface area contributed by atoms with Crippen molar-refractivity contribution in [2.24, 2.45) is 5.41 Å². The lowest BCUT2D eigenvalue weighted by atomic mass is 9.77. The summed E-state index contributed by atoms with van der Waals surface area (Å²) in [6, 6.07) is 0. The van der Waals surface area contributed by atoms with Crippen LogP contribution in [0.4, 0.5) is 0 Å². The highest BCUT2D eigenvalue weighted by Gasteiger charge is 2.25. The Bertz CT molecular complexity index is 199. The van der Waals surface area contributed by atoms with Gasteiger partial charge in [0.15, 0.2) is 5.78 Å².